The van der Waals surface area contributed by atoms with Gasteiger partial charge in [-0.1, -0.05) is 31.4 Å². The molecule has 31 heavy (non-hydrogen) atoms. The van der Waals surface area contributed by atoms with Crippen LogP contribution < -0.4 is 20.1 Å². The van der Waals surface area contributed by atoms with Gasteiger partial charge in [0.05, 0.1) is 12.0 Å². The van der Waals surface area contributed by atoms with E-state index >= 15 is 0 Å². The maximum absolute atomic E-state index is 12.6. The molecule has 1 saturated carbocycles. The van der Waals surface area contributed by atoms with Crippen LogP contribution in [0.25, 0.3) is 0 Å². The van der Waals surface area contributed by atoms with E-state index in [0.717, 1.165) is 56.5 Å². The van der Waals surface area contributed by atoms with Crippen LogP contribution in [0.4, 0.5) is 5.69 Å². The van der Waals surface area contributed by atoms with E-state index < -0.39 is 10.0 Å². The second kappa shape index (κ2) is 11.5. The first-order chi connectivity index (χ1) is 15.0. The molecule has 0 spiro atoms. The minimum absolute atomic E-state index is 0.0474. The Labute approximate surface area is 190 Å². The fourth-order valence-electron chi connectivity index (χ4n) is 3.69. The highest BCUT2D eigenvalue weighted by Gasteiger charge is 2.21. The number of hydrogen-bond donors (Lipinski definition) is 3. The second-order valence-corrected chi connectivity index (χ2v) is 9.94. The van der Waals surface area contributed by atoms with Crippen molar-refractivity contribution in [3.63, 3.8) is 0 Å². The standard InChI is InChI=1S/C23H31N3O3S2/c1-29-21-13-9-18(10-14-21)6-5-17-24-23(30)25-19-11-15-22(16-12-19)31(27,28)26-20-7-3-2-4-8-20/h9-16,20,26H,2-8,17H2,1H3,(H2,24,25,30). The van der Waals surface area contributed by atoms with Gasteiger partial charge >= 0.3 is 0 Å². The van der Waals surface area contributed by atoms with Crippen LogP contribution in [-0.4, -0.2) is 33.2 Å². The van der Waals surface area contributed by atoms with Gasteiger partial charge in [-0.15, -0.1) is 0 Å². The molecular formula is C23H31N3O3S2. The summed E-state index contributed by atoms with van der Waals surface area (Å²) in [4.78, 5) is 0.280. The summed E-state index contributed by atoms with van der Waals surface area (Å²) >= 11 is 5.34. The van der Waals surface area contributed by atoms with E-state index in [0.29, 0.717) is 5.11 Å². The van der Waals surface area contributed by atoms with E-state index in [4.69, 9.17) is 17.0 Å². The predicted octanol–water partition coefficient (Wildman–Crippen LogP) is 4.23. The number of hydrogen-bond acceptors (Lipinski definition) is 4. The number of aryl methyl sites for hydroxylation is 1. The Hall–Kier alpha value is -2.16. The van der Waals surface area contributed by atoms with Gasteiger partial charge in [-0.3, -0.25) is 0 Å². The van der Waals surface area contributed by atoms with Gasteiger partial charge in [0.1, 0.15) is 5.75 Å². The largest absolute Gasteiger partial charge is 0.497 e. The number of sulfonamides is 1. The monoisotopic (exact) mass is 461 g/mol. The van der Waals surface area contributed by atoms with Crippen LogP contribution in [0.2, 0.25) is 0 Å². The SMILES string of the molecule is COc1ccc(CCCNC(=S)Nc2ccc(S(=O)(=O)NC3CCCCC3)cc2)cc1. The van der Waals surface area contributed by atoms with Crippen LogP contribution in [-0.2, 0) is 16.4 Å². The summed E-state index contributed by atoms with van der Waals surface area (Å²) in [6.07, 6.45) is 7.07. The molecule has 0 atom stereocenters. The molecule has 8 heteroatoms. The predicted molar refractivity (Wildman–Crippen MR) is 129 cm³/mol. The van der Waals surface area contributed by atoms with Crippen molar-refractivity contribution in [3.8, 4) is 5.75 Å². The van der Waals surface area contributed by atoms with Crippen LogP contribution in [0.5, 0.6) is 5.75 Å². The lowest BCUT2D eigenvalue weighted by molar-refractivity contribution is 0.412. The Kier molecular flexibility index (Phi) is 8.69. The van der Waals surface area contributed by atoms with Gasteiger partial charge < -0.3 is 15.4 Å². The van der Waals surface area contributed by atoms with Crippen LogP contribution in [0, 0.1) is 0 Å². The molecule has 2 aromatic rings. The molecule has 6 nitrogen and oxygen atoms in total. The van der Waals surface area contributed by atoms with E-state index in [9.17, 15) is 8.42 Å². The highest BCUT2D eigenvalue weighted by molar-refractivity contribution is 7.89. The van der Waals surface area contributed by atoms with Crippen molar-refractivity contribution in [2.75, 3.05) is 19.0 Å². The molecule has 1 aliphatic rings. The lowest BCUT2D eigenvalue weighted by atomic mass is 9.96. The molecule has 0 saturated heterocycles. The summed E-state index contributed by atoms with van der Waals surface area (Å²) < 4.78 is 33.2. The molecule has 1 aliphatic carbocycles. The molecule has 1 fully saturated rings. The van der Waals surface area contributed by atoms with Crippen molar-refractivity contribution < 1.29 is 13.2 Å². The number of thiocarbonyl (C=S) groups is 1. The third-order valence-corrected chi connectivity index (χ3v) is 7.22. The van der Waals surface area contributed by atoms with Gasteiger partial charge in [0.2, 0.25) is 10.0 Å². The van der Waals surface area contributed by atoms with Gasteiger partial charge in [-0.25, -0.2) is 13.1 Å². The molecule has 2 aromatic carbocycles. The fraction of sp³-hybridized carbons (Fsp3) is 0.435. The molecule has 0 unspecified atom stereocenters. The third-order valence-electron chi connectivity index (χ3n) is 5.44. The van der Waals surface area contributed by atoms with Crippen molar-refractivity contribution in [2.45, 2.75) is 55.9 Å². The molecular weight excluding hydrogens is 430 g/mol. The highest BCUT2D eigenvalue weighted by atomic mass is 32.2. The minimum atomic E-state index is -3.49. The summed E-state index contributed by atoms with van der Waals surface area (Å²) in [6, 6.07) is 14.8. The maximum atomic E-state index is 12.6. The number of ether oxygens (including phenoxy) is 1. The van der Waals surface area contributed by atoms with Crippen LogP contribution in [0.1, 0.15) is 44.1 Å². The zero-order chi connectivity index (χ0) is 22.1. The first kappa shape index (κ1) is 23.5. The van der Waals surface area contributed by atoms with Crippen LogP contribution in [0.15, 0.2) is 53.4 Å². The zero-order valence-electron chi connectivity index (χ0n) is 17.9. The number of anilines is 1. The second-order valence-electron chi connectivity index (χ2n) is 7.81. The molecule has 0 heterocycles. The lowest BCUT2D eigenvalue weighted by Gasteiger charge is -2.22. The molecule has 3 rings (SSSR count). The zero-order valence-corrected chi connectivity index (χ0v) is 19.5. The van der Waals surface area contributed by atoms with Crippen molar-refractivity contribution in [1.82, 2.24) is 10.0 Å². The van der Waals surface area contributed by atoms with Crippen LogP contribution in [0.3, 0.4) is 0 Å². The Morgan fingerprint density at radius 2 is 1.71 bits per heavy atom. The average Bonchev–Trinajstić information content (AvgIpc) is 2.78. The summed E-state index contributed by atoms with van der Waals surface area (Å²) in [6.45, 7) is 0.746. The summed E-state index contributed by atoms with van der Waals surface area (Å²) in [5.74, 6) is 0.857. The minimum Gasteiger partial charge on any atom is -0.497 e. The Morgan fingerprint density at radius 1 is 1.03 bits per heavy atom. The number of benzene rings is 2. The first-order valence-corrected chi connectivity index (χ1v) is 12.7. The van der Waals surface area contributed by atoms with Crippen molar-refractivity contribution in [1.29, 1.82) is 0 Å². The number of methoxy groups -OCH3 is 1. The Bertz CT molecular complexity index is 939. The third kappa shape index (κ3) is 7.48. The van der Waals surface area contributed by atoms with Crippen molar-refractivity contribution in [2.24, 2.45) is 0 Å². The molecule has 3 N–H and O–H groups in total. The van der Waals surface area contributed by atoms with Crippen molar-refractivity contribution in [3.05, 3.63) is 54.1 Å². The Morgan fingerprint density at radius 3 is 2.35 bits per heavy atom. The van der Waals surface area contributed by atoms with Gasteiger partial charge in [0, 0.05) is 18.3 Å². The molecule has 0 amide bonds. The van der Waals surface area contributed by atoms with E-state index in [-0.39, 0.29) is 10.9 Å². The number of nitrogens with one attached hydrogen (secondary N) is 3. The van der Waals surface area contributed by atoms with E-state index in [2.05, 4.69) is 27.5 Å². The van der Waals surface area contributed by atoms with Gasteiger partial charge in [-0.2, -0.15) is 0 Å². The van der Waals surface area contributed by atoms with Gasteiger partial charge in [0.15, 0.2) is 5.11 Å². The summed E-state index contributed by atoms with van der Waals surface area (Å²) in [5, 5.41) is 6.81. The summed E-state index contributed by atoms with van der Waals surface area (Å²) in [7, 11) is -1.83. The number of rotatable bonds is 9. The van der Waals surface area contributed by atoms with E-state index in [1.165, 1.54) is 12.0 Å². The molecule has 0 radical (unpaired) electrons. The molecule has 0 bridgehead atoms. The smallest absolute Gasteiger partial charge is 0.240 e. The van der Waals surface area contributed by atoms with Gasteiger partial charge in [-0.05, 0) is 79.9 Å². The molecule has 0 aromatic heterocycles. The normalized spacial score (nSPS) is 14.7. The first-order valence-electron chi connectivity index (χ1n) is 10.8. The highest BCUT2D eigenvalue weighted by Crippen LogP contribution is 2.21. The van der Waals surface area contributed by atoms with Crippen molar-refractivity contribution >= 4 is 33.0 Å². The van der Waals surface area contributed by atoms with E-state index in [1.54, 1.807) is 31.4 Å². The quantitative estimate of drug-likeness (QED) is 0.383. The lowest BCUT2D eigenvalue weighted by Crippen LogP contribution is -2.36. The summed E-state index contributed by atoms with van der Waals surface area (Å²) in [5.41, 5.74) is 2.00. The molecule has 0 aliphatic heterocycles. The topological polar surface area (TPSA) is 79.5 Å². The fourth-order valence-corrected chi connectivity index (χ4v) is 5.21. The Balaban J connectivity index is 1.41. The van der Waals surface area contributed by atoms with Gasteiger partial charge in [0.25, 0.3) is 0 Å². The average molecular weight is 462 g/mol. The maximum Gasteiger partial charge on any atom is 0.240 e. The molecule has 168 valence electrons. The van der Waals surface area contributed by atoms with E-state index in [1.807, 2.05) is 12.1 Å². The van der Waals surface area contributed by atoms with Crippen LogP contribution >= 0.6 is 12.2 Å².